The Morgan fingerprint density at radius 3 is 2.43 bits per heavy atom. The van der Waals surface area contributed by atoms with Crippen molar-refractivity contribution >= 4 is 34.6 Å². The van der Waals surface area contributed by atoms with E-state index in [1.807, 2.05) is 19.9 Å². The molecule has 0 aliphatic heterocycles. The number of ether oxygens (including phenoxy) is 3. The Hall–Kier alpha value is -4.03. The van der Waals surface area contributed by atoms with Crippen molar-refractivity contribution in [3.8, 4) is 28.4 Å². The smallest absolute Gasteiger partial charge is 0.336 e. The largest absolute Gasteiger partial charge is 0.490 e. The third-order valence-electron chi connectivity index (χ3n) is 5.10. The highest BCUT2D eigenvalue weighted by Crippen LogP contribution is 2.29. The molecule has 0 unspecified atom stereocenters. The molecule has 0 spiro atoms. The van der Waals surface area contributed by atoms with E-state index >= 15 is 0 Å². The van der Waals surface area contributed by atoms with Crippen molar-refractivity contribution in [1.82, 2.24) is 0 Å². The Balaban J connectivity index is 1.50. The summed E-state index contributed by atoms with van der Waals surface area (Å²) >= 11 is 5.93. The lowest BCUT2D eigenvalue weighted by Gasteiger charge is -2.11. The minimum Gasteiger partial charge on any atom is -0.490 e. The summed E-state index contributed by atoms with van der Waals surface area (Å²) in [6, 6.07) is 17.0. The molecule has 0 atom stereocenters. The summed E-state index contributed by atoms with van der Waals surface area (Å²) in [5.41, 5.74) is 2.01. The monoisotopic (exact) mass is 490 g/mol. The zero-order chi connectivity index (χ0) is 24.8. The number of fused-ring (bicyclic) bond motifs is 1. The molecule has 3 aromatic carbocycles. The molecular weight excluding hydrogens is 468 g/mol. The van der Waals surface area contributed by atoms with E-state index in [-0.39, 0.29) is 11.2 Å². The van der Waals surface area contributed by atoms with Crippen LogP contribution in [-0.4, -0.2) is 19.2 Å². The number of benzene rings is 3. The summed E-state index contributed by atoms with van der Waals surface area (Å²) in [5.74, 6) is 0.936. The van der Waals surface area contributed by atoms with Gasteiger partial charge in [-0.1, -0.05) is 29.8 Å². The van der Waals surface area contributed by atoms with Crippen molar-refractivity contribution in [2.45, 2.75) is 13.8 Å². The lowest BCUT2D eigenvalue weighted by Crippen LogP contribution is -2.06. The van der Waals surface area contributed by atoms with E-state index in [9.17, 15) is 9.59 Å². The zero-order valence-corrected chi connectivity index (χ0v) is 20.0. The van der Waals surface area contributed by atoms with Crippen molar-refractivity contribution in [2.75, 3.05) is 13.2 Å². The maximum Gasteiger partial charge on any atom is 0.336 e. The standard InChI is InChI=1S/C28H23ClO6/c1-3-32-24-13-5-18(15-26(24)33-4-2)6-14-27(30)35-21-11-12-22-25(16-21)34-17-23(28(22)31)19-7-9-20(29)10-8-19/h5-17H,3-4H2,1-2H3/b14-6+. The Labute approximate surface area is 207 Å². The van der Waals surface area contributed by atoms with Gasteiger partial charge < -0.3 is 18.6 Å². The minimum atomic E-state index is -0.573. The Morgan fingerprint density at radius 2 is 1.69 bits per heavy atom. The summed E-state index contributed by atoms with van der Waals surface area (Å²) in [6.45, 7) is 4.81. The Kier molecular flexibility index (Phi) is 7.53. The molecular formula is C28H23ClO6. The molecule has 178 valence electrons. The molecule has 0 N–H and O–H groups in total. The second kappa shape index (κ2) is 10.9. The molecule has 0 aliphatic carbocycles. The number of hydrogen-bond acceptors (Lipinski definition) is 6. The Bertz CT molecular complexity index is 1440. The van der Waals surface area contributed by atoms with E-state index in [0.717, 1.165) is 5.56 Å². The molecule has 7 heteroatoms. The maximum absolute atomic E-state index is 12.9. The zero-order valence-electron chi connectivity index (χ0n) is 19.2. The quantitative estimate of drug-likeness (QED) is 0.159. The average Bonchev–Trinajstić information content (AvgIpc) is 2.85. The fourth-order valence-corrected chi connectivity index (χ4v) is 3.61. The van der Waals surface area contributed by atoms with E-state index in [2.05, 4.69) is 0 Å². The van der Waals surface area contributed by atoms with Crippen LogP contribution in [0.15, 0.2) is 82.2 Å². The lowest BCUT2D eigenvalue weighted by molar-refractivity contribution is -0.128. The number of esters is 1. The van der Waals surface area contributed by atoms with Crippen molar-refractivity contribution < 1.29 is 23.4 Å². The van der Waals surface area contributed by atoms with Gasteiger partial charge in [0.05, 0.1) is 24.2 Å². The Morgan fingerprint density at radius 1 is 0.943 bits per heavy atom. The molecule has 0 bridgehead atoms. The van der Waals surface area contributed by atoms with E-state index in [0.29, 0.717) is 51.8 Å². The van der Waals surface area contributed by atoms with E-state index < -0.39 is 5.97 Å². The molecule has 0 radical (unpaired) electrons. The SMILES string of the molecule is CCOc1ccc(/C=C/C(=O)Oc2ccc3c(=O)c(-c4ccc(Cl)cc4)coc3c2)cc1OCC. The van der Waals surface area contributed by atoms with Crippen LogP contribution >= 0.6 is 11.6 Å². The van der Waals surface area contributed by atoms with Crippen molar-refractivity contribution in [1.29, 1.82) is 0 Å². The highest BCUT2D eigenvalue weighted by Gasteiger charge is 2.11. The van der Waals surface area contributed by atoms with Gasteiger partial charge in [0.15, 0.2) is 16.9 Å². The maximum atomic E-state index is 12.9. The van der Waals surface area contributed by atoms with Gasteiger partial charge in [0.25, 0.3) is 0 Å². The number of carbonyl (C=O) groups is 1. The van der Waals surface area contributed by atoms with Gasteiger partial charge in [-0.25, -0.2) is 4.79 Å². The average molecular weight is 491 g/mol. The second-order valence-corrected chi connectivity index (χ2v) is 7.91. The van der Waals surface area contributed by atoms with Crippen molar-refractivity contribution in [3.63, 3.8) is 0 Å². The molecule has 1 heterocycles. The van der Waals surface area contributed by atoms with E-state index in [1.165, 1.54) is 18.4 Å². The van der Waals surface area contributed by atoms with E-state index in [4.69, 9.17) is 30.2 Å². The highest BCUT2D eigenvalue weighted by atomic mass is 35.5. The molecule has 6 nitrogen and oxygen atoms in total. The van der Waals surface area contributed by atoms with Gasteiger partial charge in [0, 0.05) is 17.2 Å². The molecule has 4 rings (SSSR count). The van der Waals surface area contributed by atoms with Crippen molar-refractivity contribution in [2.24, 2.45) is 0 Å². The first-order chi connectivity index (χ1) is 17.0. The van der Waals surface area contributed by atoms with Crippen LogP contribution < -0.4 is 19.6 Å². The molecule has 0 aliphatic rings. The first-order valence-electron chi connectivity index (χ1n) is 11.1. The van der Waals surface area contributed by atoms with Crippen LogP contribution in [0.2, 0.25) is 5.02 Å². The predicted octanol–water partition coefficient (Wildman–Crippen LogP) is 6.53. The fraction of sp³-hybridized carbons (Fsp3) is 0.143. The normalized spacial score (nSPS) is 11.1. The van der Waals surface area contributed by atoms with Gasteiger partial charge in [-0.05, 0) is 67.4 Å². The van der Waals surface area contributed by atoms with E-state index in [1.54, 1.807) is 54.6 Å². The van der Waals surface area contributed by atoms with Crippen LogP contribution in [0.25, 0.3) is 28.2 Å². The second-order valence-electron chi connectivity index (χ2n) is 7.47. The summed E-state index contributed by atoms with van der Waals surface area (Å²) in [6.07, 6.45) is 4.33. The van der Waals surface area contributed by atoms with Gasteiger partial charge in [-0.15, -0.1) is 0 Å². The van der Waals surface area contributed by atoms with Crippen LogP contribution in [0.5, 0.6) is 17.2 Å². The molecule has 0 saturated heterocycles. The van der Waals surface area contributed by atoms with Gasteiger partial charge >= 0.3 is 5.97 Å². The summed E-state index contributed by atoms with van der Waals surface area (Å²) in [7, 11) is 0. The first kappa shape index (κ1) is 24.1. The third kappa shape index (κ3) is 5.73. The molecule has 1 aromatic heterocycles. The number of rotatable bonds is 8. The topological polar surface area (TPSA) is 75.0 Å². The van der Waals surface area contributed by atoms with Gasteiger partial charge in [-0.3, -0.25) is 4.79 Å². The summed E-state index contributed by atoms with van der Waals surface area (Å²) in [5, 5.41) is 0.960. The number of carbonyl (C=O) groups excluding carboxylic acids is 1. The third-order valence-corrected chi connectivity index (χ3v) is 5.35. The summed E-state index contributed by atoms with van der Waals surface area (Å²) < 4.78 is 22.2. The van der Waals surface area contributed by atoms with Crippen molar-refractivity contribution in [3.05, 3.63) is 93.8 Å². The lowest BCUT2D eigenvalue weighted by atomic mass is 10.1. The molecule has 0 amide bonds. The van der Waals surface area contributed by atoms with Crippen LogP contribution in [-0.2, 0) is 4.79 Å². The minimum absolute atomic E-state index is 0.188. The number of halogens is 1. The van der Waals surface area contributed by atoms with Gasteiger partial charge in [0.1, 0.15) is 17.6 Å². The molecule has 4 aromatic rings. The summed E-state index contributed by atoms with van der Waals surface area (Å²) in [4.78, 5) is 25.3. The highest BCUT2D eigenvalue weighted by molar-refractivity contribution is 6.30. The van der Waals surface area contributed by atoms with Crippen LogP contribution in [0.4, 0.5) is 0 Å². The first-order valence-corrected chi connectivity index (χ1v) is 11.5. The van der Waals surface area contributed by atoms with Crippen LogP contribution in [0, 0.1) is 0 Å². The van der Waals surface area contributed by atoms with Gasteiger partial charge in [-0.2, -0.15) is 0 Å². The fourth-order valence-electron chi connectivity index (χ4n) is 3.49. The van der Waals surface area contributed by atoms with Gasteiger partial charge in [0.2, 0.25) is 0 Å². The molecule has 0 fully saturated rings. The number of hydrogen-bond donors (Lipinski definition) is 0. The van der Waals surface area contributed by atoms with Crippen LogP contribution in [0.1, 0.15) is 19.4 Å². The molecule has 35 heavy (non-hydrogen) atoms. The molecule has 0 saturated carbocycles. The predicted molar refractivity (Wildman–Crippen MR) is 136 cm³/mol. The van der Waals surface area contributed by atoms with Crippen LogP contribution in [0.3, 0.4) is 0 Å².